The second-order valence-corrected chi connectivity index (χ2v) is 3.56. The molecule has 0 radical (unpaired) electrons. The number of ether oxygens (including phenoxy) is 2. The minimum Gasteiger partial charge on any atom is -0.496 e. The van der Waals surface area contributed by atoms with Gasteiger partial charge in [-0.2, -0.15) is 0 Å². The molecule has 0 N–H and O–H groups in total. The molecule has 0 aliphatic carbocycles. The van der Waals surface area contributed by atoms with Crippen molar-refractivity contribution < 1.29 is 9.47 Å². The van der Waals surface area contributed by atoms with Crippen molar-refractivity contribution in [3.8, 4) is 22.8 Å². The lowest BCUT2D eigenvalue weighted by molar-refractivity contribution is 0.402. The van der Waals surface area contributed by atoms with Gasteiger partial charge >= 0.3 is 0 Å². The van der Waals surface area contributed by atoms with Gasteiger partial charge in [0.05, 0.1) is 31.7 Å². The molecule has 88 valence electrons. The molecule has 1 aromatic carbocycles. The predicted molar refractivity (Wildman–Crippen MR) is 65.3 cm³/mol. The van der Waals surface area contributed by atoms with Crippen LogP contribution in [0.5, 0.6) is 11.5 Å². The molecule has 17 heavy (non-hydrogen) atoms. The van der Waals surface area contributed by atoms with Gasteiger partial charge in [-0.15, -0.1) is 0 Å². The van der Waals surface area contributed by atoms with E-state index in [1.54, 1.807) is 32.8 Å². The lowest BCUT2D eigenvalue weighted by Gasteiger charge is -2.13. The molecule has 0 amide bonds. The average Bonchev–Trinajstić information content (AvgIpc) is 2.39. The van der Waals surface area contributed by atoms with Crippen LogP contribution in [0, 0.1) is 6.92 Å². The van der Waals surface area contributed by atoms with E-state index in [1.165, 1.54) is 0 Å². The van der Waals surface area contributed by atoms with E-state index in [0.29, 0.717) is 0 Å². The lowest BCUT2D eigenvalue weighted by Crippen LogP contribution is -1.96. The largest absolute Gasteiger partial charge is 0.496 e. The highest BCUT2D eigenvalue weighted by Gasteiger charge is 2.14. The molecule has 0 fully saturated rings. The van der Waals surface area contributed by atoms with Gasteiger partial charge in [-0.1, -0.05) is 0 Å². The van der Waals surface area contributed by atoms with E-state index in [0.717, 1.165) is 28.3 Å². The molecule has 2 aromatic rings. The fraction of sp³-hybridized carbons (Fsp3) is 0.231. The molecule has 0 spiro atoms. The Morgan fingerprint density at radius 2 is 1.71 bits per heavy atom. The van der Waals surface area contributed by atoms with Crippen LogP contribution >= 0.6 is 0 Å². The quantitative estimate of drug-likeness (QED) is 0.812. The molecule has 0 saturated carbocycles. The second kappa shape index (κ2) is 4.82. The Balaban J connectivity index is 2.66. The Hall–Kier alpha value is -2.10. The Bertz CT molecular complexity index is 512. The van der Waals surface area contributed by atoms with Gasteiger partial charge in [0, 0.05) is 18.0 Å². The SMILES string of the molecule is COc1ccc(OC)c(-c2cnccn2)c1C. The zero-order chi connectivity index (χ0) is 12.3. The maximum absolute atomic E-state index is 5.36. The highest BCUT2D eigenvalue weighted by Crippen LogP contribution is 2.36. The summed E-state index contributed by atoms with van der Waals surface area (Å²) in [5.41, 5.74) is 2.69. The van der Waals surface area contributed by atoms with Crippen molar-refractivity contribution >= 4 is 0 Å². The smallest absolute Gasteiger partial charge is 0.128 e. The summed E-state index contributed by atoms with van der Waals surface area (Å²) >= 11 is 0. The van der Waals surface area contributed by atoms with Crippen LogP contribution in [0.15, 0.2) is 30.7 Å². The van der Waals surface area contributed by atoms with Gasteiger partial charge in [0.2, 0.25) is 0 Å². The van der Waals surface area contributed by atoms with Crippen LogP contribution in [0.3, 0.4) is 0 Å². The number of aromatic nitrogens is 2. The molecule has 0 bridgehead atoms. The van der Waals surface area contributed by atoms with Crippen LogP contribution in [0.2, 0.25) is 0 Å². The fourth-order valence-corrected chi connectivity index (χ4v) is 1.81. The standard InChI is InChI=1S/C13H14N2O2/c1-9-11(16-2)4-5-12(17-3)13(9)10-8-14-6-7-15-10/h4-8H,1-3H3. The molecule has 4 heteroatoms. The summed E-state index contributed by atoms with van der Waals surface area (Å²) < 4.78 is 10.7. The number of hydrogen-bond donors (Lipinski definition) is 0. The third-order valence-corrected chi connectivity index (χ3v) is 2.64. The minimum atomic E-state index is 0.767. The van der Waals surface area contributed by atoms with E-state index in [1.807, 2.05) is 19.1 Å². The third kappa shape index (κ3) is 2.06. The van der Waals surface area contributed by atoms with Crippen LogP contribution in [0.25, 0.3) is 11.3 Å². The molecule has 0 unspecified atom stereocenters. The first-order valence-corrected chi connectivity index (χ1v) is 5.26. The first kappa shape index (κ1) is 11.4. The van der Waals surface area contributed by atoms with Gasteiger partial charge in [-0.25, -0.2) is 0 Å². The topological polar surface area (TPSA) is 44.2 Å². The molecule has 0 aliphatic rings. The molecule has 1 aromatic heterocycles. The number of benzene rings is 1. The Morgan fingerprint density at radius 3 is 2.29 bits per heavy atom. The first-order chi connectivity index (χ1) is 8.27. The molecule has 1 heterocycles. The highest BCUT2D eigenvalue weighted by molar-refractivity contribution is 5.73. The normalized spacial score (nSPS) is 10.1. The Morgan fingerprint density at radius 1 is 1.00 bits per heavy atom. The summed E-state index contributed by atoms with van der Waals surface area (Å²) in [5, 5.41) is 0. The predicted octanol–water partition coefficient (Wildman–Crippen LogP) is 2.47. The molecule has 0 atom stereocenters. The molecular formula is C13H14N2O2. The summed E-state index contributed by atoms with van der Waals surface area (Å²) in [6.07, 6.45) is 5.02. The van der Waals surface area contributed by atoms with Gasteiger partial charge in [0.1, 0.15) is 11.5 Å². The third-order valence-electron chi connectivity index (χ3n) is 2.64. The van der Waals surface area contributed by atoms with Crippen molar-refractivity contribution in [2.45, 2.75) is 6.92 Å². The summed E-state index contributed by atoms with van der Waals surface area (Å²) in [6.45, 7) is 1.98. The van der Waals surface area contributed by atoms with E-state index >= 15 is 0 Å². The molecule has 2 rings (SSSR count). The summed E-state index contributed by atoms with van der Waals surface area (Å²) in [4.78, 5) is 8.37. The van der Waals surface area contributed by atoms with Gasteiger partial charge in [-0.3, -0.25) is 9.97 Å². The maximum Gasteiger partial charge on any atom is 0.128 e. The van der Waals surface area contributed by atoms with E-state index < -0.39 is 0 Å². The zero-order valence-electron chi connectivity index (χ0n) is 10.1. The van der Waals surface area contributed by atoms with Gasteiger partial charge in [0.25, 0.3) is 0 Å². The highest BCUT2D eigenvalue weighted by atomic mass is 16.5. The fourth-order valence-electron chi connectivity index (χ4n) is 1.81. The average molecular weight is 230 g/mol. The summed E-state index contributed by atoms with van der Waals surface area (Å²) in [6, 6.07) is 3.75. The van der Waals surface area contributed by atoms with E-state index in [2.05, 4.69) is 9.97 Å². The van der Waals surface area contributed by atoms with Crippen molar-refractivity contribution in [2.24, 2.45) is 0 Å². The maximum atomic E-state index is 5.36. The second-order valence-electron chi connectivity index (χ2n) is 3.56. The first-order valence-electron chi connectivity index (χ1n) is 5.26. The molecule has 4 nitrogen and oxygen atoms in total. The van der Waals surface area contributed by atoms with Crippen molar-refractivity contribution in [1.82, 2.24) is 9.97 Å². The number of rotatable bonds is 3. The number of methoxy groups -OCH3 is 2. The summed E-state index contributed by atoms with van der Waals surface area (Å²) in [7, 11) is 3.29. The summed E-state index contributed by atoms with van der Waals surface area (Å²) in [5.74, 6) is 1.58. The Labute approximate surface area is 100 Å². The van der Waals surface area contributed by atoms with Gasteiger partial charge in [0.15, 0.2) is 0 Å². The van der Waals surface area contributed by atoms with Crippen molar-refractivity contribution in [2.75, 3.05) is 14.2 Å². The van der Waals surface area contributed by atoms with Crippen LogP contribution < -0.4 is 9.47 Å². The van der Waals surface area contributed by atoms with Crippen LogP contribution in [-0.2, 0) is 0 Å². The zero-order valence-corrected chi connectivity index (χ0v) is 10.1. The van der Waals surface area contributed by atoms with Gasteiger partial charge in [-0.05, 0) is 19.1 Å². The van der Waals surface area contributed by atoms with E-state index in [4.69, 9.17) is 9.47 Å². The number of nitrogens with zero attached hydrogens (tertiary/aromatic N) is 2. The van der Waals surface area contributed by atoms with Crippen LogP contribution in [0.4, 0.5) is 0 Å². The van der Waals surface area contributed by atoms with Crippen LogP contribution in [0.1, 0.15) is 5.56 Å². The number of hydrogen-bond acceptors (Lipinski definition) is 4. The minimum absolute atomic E-state index is 0.767. The van der Waals surface area contributed by atoms with Crippen molar-refractivity contribution in [3.63, 3.8) is 0 Å². The lowest BCUT2D eigenvalue weighted by atomic mass is 10.0. The van der Waals surface area contributed by atoms with Crippen molar-refractivity contribution in [1.29, 1.82) is 0 Å². The molecular weight excluding hydrogens is 216 g/mol. The van der Waals surface area contributed by atoms with E-state index in [-0.39, 0.29) is 0 Å². The molecule has 0 aliphatic heterocycles. The van der Waals surface area contributed by atoms with Gasteiger partial charge < -0.3 is 9.47 Å². The monoisotopic (exact) mass is 230 g/mol. The molecule has 0 saturated heterocycles. The van der Waals surface area contributed by atoms with Crippen molar-refractivity contribution in [3.05, 3.63) is 36.3 Å². The van der Waals surface area contributed by atoms with Crippen LogP contribution in [-0.4, -0.2) is 24.2 Å². The Kier molecular flexibility index (Phi) is 3.23. The van der Waals surface area contributed by atoms with E-state index in [9.17, 15) is 0 Å².